The summed E-state index contributed by atoms with van der Waals surface area (Å²) in [5, 5.41) is 8.99. The van der Waals surface area contributed by atoms with E-state index in [4.69, 9.17) is 21.4 Å². The van der Waals surface area contributed by atoms with Crippen LogP contribution in [-0.4, -0.2) is 23.4 Å². The SMILES string of the molecule is Cc1cc(Cl)c2c(c1)C[C@@H](C(=O)O)[C@@H](C(F)(F)F)O2. The molecule has 2 atom stereocenters. The molecule has 1 N–H and O–H groups in total. The van der Waals surface area contributed by atoms with Gasteiger partial charge in [0.25, 0.3) is 0 Å². The Morgan fingerprint density at radius 1 is 1.47 bits per heavy atom. The number of aliphatic carboxylic acids is 1. The highest BCUT2D eigenvalue weighted by Gasteiger charge is 2.52. The van der Waals surface area contributed by atoms with E-state index >= 15 is 0 Å². The highest BCUT2D eigenvalue weighted by Crippen LogP contribution is 2.42. The summed E-state index contributed by atoms with van der Waals surface area (Å²) in [4.78, 5) is 11.0. The molecule has 0 fully saturated rings. The number of carboxylic acid groups (broad SMARTS) is 1. The van der Waals surface area contributed by atoms with Gasteiger partial charge in [-0.15, -0.1) is 0 Å². The summed E-state index contributed by atoms with van der Waals surface area (Å²) in [6.07, 6.45) is -7.39. The fourth-order valence-corrected chi connectivity index (χ4v) is 2.49. The van der Waals surface area contributed by atoms with Gasteiger partial charge in [0, 0.05) is 0 Å². The Bertz CT molecular complexity index is 528. The van der Waals surface area contributed by atoms with Gasteiger partial charge in [0.05, 0.1) is 5.02 Å². The first-order valence-corrected chi connectivity index (χ1v) is 5.83. The number of benzene rings is 1. The number of ether oxygens (including phenoxy) is 1. The standard InChI is InChI=1S/C12H10ClF3O3/c1-5-2-6-4-7(11(17)18)10(12(14,15)16)19-9(6)8(13)3-5/h2-3,7,10H,4H2,1H3,(H,17,18)/t7-,10+/m1/s1. The zero-order valence-corrected chi connectivity index (χ0v) is 10.5. The lowest BCUT2D eigenvalue weighted by molar-refractivity contribution is -0.217. The molecule has 0 unspecified atom stereocenters. The molecule has 1 aliphatic rings. The summed E-state index contributed by atoms with van der Waals surface area (Å²) in [7, 11) is 0. The van der Waals surface area contributed by atoms with Crippen molar-refractivity contribution in [1.29, 1.82) is 0 Å². The Morgan fingerprint density at radius 3 is 2.63 bits per heavy atom. The first-order chi connectivity index (χ1) is 8.70. The number of aryl methyl sites for hydroxylation is 1. The number of carbonyl (C=O) groups is 1. The zero-order chi connectivity index (χ0) is 14.4. The molecular formula is C12H10ClF3O3. The molecule has 0 amide bonds. The summed E-state index contributed by atoms with van der Waals surface area (Å²) in [5.41, 5.74) is 1.12. The molecule has 0 bridgehead atoms. The molecule has 2 rings (SSSR count). The summed E-state index contributed by atoms with van der Waals surface area (Å²) >= 11 is 5.85. The van der Waals surface area contributed by atoms with Crippen LogP contribution in [0.15, 0.2) is 12.1 Å². The molecule has 7 heteroatoms. The maximum atomic E-state index is 12.8. The lowest BCUT2D eigenvalue weighted by Crippen LogP contribution is -2.47. The fraction of sp³-hybridized carbons (Fsp3) is 0.417. The average Bonchev–Trinajstić information content (AvgIpc) is 2.25. The first-order valence-electron chi connectivity index (χ1n) is 5.45. The molecule has 19 heavy (non-hydrogen) atoms. The van der Waals surface area contributed by atoms with Crippen LogP contribution in [0.2, 0.25) is 5.02 Å². The summed E-state index contributed by atoms with van der Waals surface area (Å²) < 4.78 is 43.3. The highest BCUT2D eigenvalue weighted by molar-refractivity contribution is 6.32. The van der Waals surface area contributed by atoms with Crippen LogP contribution in [0, 0.1) is 12.8 Å². The Hall–Kier alpha value is -1.43. The normalized spacial score (nSPS) is 22.6. The number of carboxylic acids is 1. The third kappa shape index (κ3) is 2.63. The van der Waals surface area contributed by atoms with Crippen molar-refractivity contribution in [3.05, 3.63) is 28.3 Å². The van der Waals surface area contributed by atoms with E-state index in [1.54, 1.807) is 13.0 Å². The van der Waals surface area contributed by atoms with Crippen molar-refractivity contribution in [3.63, 3.8) is 0 Å². The molecule has 1 aromatic carbocycles. The van der Waals surface area contributed by atoms with E-state index in [1.165, 1.54) is 6.07 Å². The minimum absolute atomic E-state index is 0.0630. The predicted molar refractivity (Wildman–Crippen MR) is 61.5 cm³/mol. The fourth-order valence-electron chi connectivity index (χ4n) is 2.15. The maximum absolute atomic E-state index is 12.8. The Balaban J connectivity index is 2.48. The Morgan fingerprint density at radius 2 is 2.11 bits per heavy atom. The minimum atomic E-state index is -4.75. The zero-order valence-electron chi connectivity index (χ0n) is 9.79. The second-order valence-electron chi connectivity index (χ2n) is 4.46. The smallest absolute Gasteiger partial charge is 0.426 e. The van der Waals surface area contributed by atoms with Crippen molar-refractivity contribution in [3.8, 4) is 5.75 Å². The van der Waals surface area contributed by atoms with Gasteiger partial charge in [-0.05, 0) is 30.5 Å². The average molecular weight is 295 g/mol. The molecule has 0 aromatic heterocycles. The van der Waals surface area contributed by atoms with E-state index in [1.807, 2.05) is 0 Å². The minimum Gasteiger partial charge on any atom is -0.481 e. The van der Waals surface area contributed by atoms with Crippen molar-refractivity contribution in [2.24, 2.45) is 5.92 Å². The quantitative estimate of drug-likeness (QED) is 0.865. The molecule has 104 valence electrons. The molecule has 0 spiro atoms. The topological polar surface area (TPSA) is 46.5 Å². The van der Waals surface area contributed by atoms with E-state index in [-0.39, 0.29) is 17.2 Å². The third-order valence-electron chi connectivity index (χ3n) is 2.95. The number of halogens is 4. The lowest BCUT2D eigenvalue weighted by Gasteiger charge is -2.33. The van der Waals surface area contributed by atoms with Crippen LogP contribution in [0.5, 0.6) is 5.75 Å². The number of hydrogen-bond acceptors (Lipinski definition) is 2. The van der Waals surface area contributed by atoms with Gasteiger partial charge < -0.3 is 9.84 Å². The lowest BCUT2D eigenvalue weighted by atomic mass is 9.89. The molecule has 0 aliphatic carbocycles. The van der Waals surface area contributed by atoms with E-state index in [9.17, 15) is 18.0 Å². The van der Waals surface area contributed by atoms with E-state index in [2.05, 4.69) is 0 Å². The molecular weight excluding hydrogens is 285 g/mol. The first kappa shape index (κ1) is 14.0. The number of alkyl halides is 3. The van der Waals surface area contributed by atoms with Crippen LogP contribution in [0.3, 0.4) is 0 Å². The molecule has 0 saturated heterocycles. The molecule has 1 heterocycles. The predicted octanol–water partition coefficient (Wildman–Crippen LogP) is 3.22. The Kier molecular flexibility index (Phi) is 3.38. The third-order valence-corrected chi connectivity index (χ3v) is 3.24. The van der Waals surface area contributed by atoms with Crippen LogP contribution < -0.4 is 4.74 Å². The van der Waals surface area contributed by atoms with Gasteiger partial charge in [0.15, 0.2) is 0 Å². The van der Waals surface area contributed by atoms with Crippen LogP contribution in [0.25, 0.3) is 0 Å². The molecule has 1 aliphatic heterocycles. The van der Waals surface area contributed by atoms with Crippen molar-refractivity contribution in [1.82, 2.24) is 0 Å². The summed E-state index contributed by atoms with van der Waals surface area (Å²) in [6, 6.07) is 3.07. The molecule has 0 saturated carbocycles. The van der Waals surface area contributed by atoms with Crippen LogP contribution in [0.4, 0.5) is 13.2 Å². The van der Waals surface area contributed by atoms with Gasteiger partial charge in [0.2, 0.25) is 6.10 Å². The van der Waals surface area contributed by atoms with E-state index in [0.717, 1.165) is 5.56 Å². The van der Waals surface area contributed by atoms with Gasteiger partial charge >= 0.3 is 12.1 Å². The van der Waals surface area contributed by atoms with Crippen LogP contribution >= 0.6 is 11.6 Å². The van der Waals surface area contributed by atoms with Crippen LogP contribution in [-0.2, 0) is 11.2 Å². The number of rotatable bonds is 1. The van der Waals surface area contributed by atoms with E-state index in [0.29, 0.717) is 5.56 Å². The van der Waals surface area contributed by atoms with Crippen LogP contribution in [0.1, 0.15) is 11.1 Å². The van der Waals surface area contributed by atoms with Gasteiger partial charge in [-0.2, -0.15) is 13.2 Å². The number of hydrogen-bond donors (Lipinski definition) is 1. The molecule has 0 radical (unpaired) electrons. The van der Waals surface area contributed by atoms with Gasteiger partial charge in [-0.1, -0.05) is 17.7 Å². The van der Waals surface area contributed by atoms with Gasteiger partial charge in [-0.3, -0.25) is 4.79 Å². The van der Waals surface area contributed by atoms with Gasteiger partial charge in [-0.25, -0.2) is 0 Å². The second kappa shape index (κ2) is 4.59. The highest BCUT2D eigenvalue weighted by atomic mass is 35.5. The largest absolute Gasteiger partial charge is 0.481 e. The van der Waals surface area contributed by atoms with Crippen molar-refractivity contribution in [2.45, 2.75) is 25.6 Å². The monoisotopic (exact) mass is 294 g/mol. The molecule has 1 aromatic rings. The van der Waals surface area contributed by atoms with E-state index < -0.39 is 24.2 Å². The van der Waals surface area contributed by atoms with Crippen molar-refractivity contribution < 1.29 is 27.8 Å². The van der Waals surface area contributed by atoms with Crippen molar-refractivity contribution >= 4 is 17.6 Å². The van der Waals surface area contributed by atoms with Gasteiger partial charge in [0.1, 0.15) is 11.7 Å². The maximum Gasteiger partial charge on any atom is 0.426 e. The number of fused-ring (bicyclic) bond motifs is 1. The summed E-state index contributed by atoms with van der Waals surface area (Å²) in [6.45, 7) is 1.72. The Labute approximate surface area is 111 Å². The summed E-state index contributed by atoms with van der Waals surface area (Å²) in [5.74, 6) is -3.27. The second-order valence-corrected chi connectivity index (χ2v) is 4.87. The van der Waals surface area contributed by atoms with Crippen molar-refractivity contribution in [2.75, 3.05) is 0 Å². The molecule has 3 nitrogen and oxygen atoms in total.